The number of para-hydroxylation sites is 1. The second kappa shape index (κ2) is 8.61. The lowest BCUT2D eigenvalue weighted by atomic mass is 9.90. The zero-order chi connectivity index (χ0) is 22.9. The third-order valence-corrected chi connectivity index (χ3v) is 5.99. The molecule has 1 aliphatic rings. The van der Waals surface area contributed by atoms with Crippen molar-refractivity contribution < 1.29 is 9.47 Å². The molecule has 164 valence electrons. The van der Waals surface area contributed by atoms with Crippen molar-refractivity contribution in [3.8, 4) is 17.8 Å². The number of ether oxygens (including phenoxy) is 2. The van der Waals surface area contributed by atoms with Gasteiger partial charge in [0.25, 0.3) is 6.01 Å². The van der Waals surface area contributed by atoms with E-state index < -0.39 is 0 Å². The molecule has 0 radical (unpaired) electrons. The molecule has 2 aromatic carbocycles. The van der Waals surface area contributed by atoms with Gasteiger partial charge in [0.15, 0.2) is 5.65 Å². The second-order valence-corrected chi connectivity index (χ2v) is 8.17. The molecule has 33 heavy (non-hydrogen) atoms. The Bertz CT molecular complexity index is 1450. The number of fused-ring (bicyclic) bond motifs is 3. The molecule has 0 bridgehead atoms. The zero-order valence-electron chi connectivity index (χ0n) is 18.3. The number of imidazole rings is 1. The van der Waals surface area contributed by atoms with Gasteiger partial charge in [0.2, 0.25) is 0 Å². The van der Waals surface area contributed by atoms with Crippen LogP contribution in [-0.2, 0) is 13.2 Å². The summed E-state index contributed by atoms with van der Waals surface area (Å²) < 4.78 is 13.8. The van der Waals surface area contributed by atoms with E-state index in [1.807, 2.05) is 42.7 Å². The molecule has 0 unspecified atom stereocenters. The quantitative estimate of drug-likeness (QED) is 0.364. The number of rotatable bonds is 4. The zero-order valence-corrected chi connectivity index (χ0v) is 19.1. The van der Waals surface area contributed by atoms with Crippen molar-refractivity contribution >= 4 is 28.3 Å². The van der Waals surface area contributed by atoms with Crippen LogP contribution in [0, 0.1) is 11.3 Å². The maximum Gasteiger partial charge on any atom is 0.298 e. The number of halogens is 1. The third kappa shape index (κ3) is 3.71. The summed E-state index contributed by atoms with van der Waals surface area (Å²) in [5, 5.41) is 10.2. The number of pyridine rings is 1. The van der Waals surface area contributed by atoms with Gasteiger partial charge < -0.3 is 9.47 Å². The van der Waals surface area contributed by atoms with Crippen molar-refractivity contribution in [2.24, 2.45) is 0 Å². The van der Waals surface area contributed by atoms with Crippen LogP contribution in [0.5, 0.6) is 11.8 Å². The number of benzene rings is 2. The Morgan fingerprint density at radius 3 is 2.88 bits per heavy atom. The van der Waals surface area contributed by atoms with Gasteiger partial charge in [-0.05, 0) is 48.7 Å². The minimum Gasteiger partial charge on any atom is -0.488 e. The highest BCUT2D eigenvalue weighted by molar-refractivity contribution is 6.34. The van der Waals surface area contributed by atoms with Crippen molar-refractivity contribution in [1.29, 1.82) is 5.26 Å². The highest BCUT2D eigenvalue weighted by atomic mass is 35.5. The summed E-state index contributed by atoms with van der Waals surface area (Å²) in [6, 6.07) is 18.6. The van der Waals surface area contributed by atoms with Gasteiger partial charge in [-0.3, -0.25) is 4.57 Å². The molecule has 1 aliphatic heterocycles. The van der Waals surface area contributed by atoms with Gasteiger partial charge in [0.05, 0.1) is 24.2 Å². The average molecular weight is 457 g/mol. The standard InChI is InChI=1S/C26H21ClN4O2/c1-3-32-26-30-24-21(27)10-11-29-25(24)31(26)14-17-8-9-19-18(12-17)15-33-22-7-5-4-6-20(22)23(19)16(2)13-28/h4-12H,3,14-15H2,1-2H3/b23-16-. The first-order valence-corrected chi connectivity index (χ1v) is 11.1. The van der Waals surface area contributed by atoms with E-state index in [0.29, 0.717) is 47.5 Å². The number of nitrogens with zero attached hydrogens (tertiary/aromatic N) is 4. The minimum atomic E-state index is 0.412. The van der Waals surface area contributed by atoms with Crippen molar-refractivity contribution in [3.05, 3.63) is 87.6 Å². The van der Waals surface area contributed by atoms with Gasteiger partial charge in [-0.1, -0.05) is 41.9 Å². The maximum atomic E-state index is 9.67. The van der Waals surface area contributed by atoms with Crippen LogP contribution >= 0.6 is 11.6 Å². The van der Waals surface area contributed by atoms with Crippen molar-refractivity contribution in [1.82, 2.24) is 14.5 Å². The van der Waals surface area contributed by atoms with Gasteiger partial charge in [-0.15, -0.1) is 0 Å². The van der Waals surface area contributed by atoms with Crippen LogP contribution in [0.15, 0.2) is 60.3 Å². The molecule has 0 fully saturated rings. The molecular weight excluding hydrogens is 436 g/mol. The number of hydrogen-bond acceptors (Lipinski definition) is 5. The molecule has 3 heterocycles. The van der Waals surface area contributed by atoms with E-state index in [4.69, 9.17) is 21.1 Å². The van der Waals surface area contributed by atoms with Crippen molar-refractivity contribution in [2.75, 3.05) is 6.61 Å². The van der Waals surface area contributed by atoms with Crippen LogP contribution in [0.1, 0.15) is 36.1 Å². The fraction of sp³-hybridized carbons (Fsp3) is 0.192. The van der Waals surface area contributed by atoms with E-state index in [0.717, 1.165) is 33.6 Å². The van der Waals surface area contributed by atoms with Gasteiger partial charge in [0, 0.05) is 22.9 Å². The monoisotopic (exact) mass is 456 g/mol. The smallest absolute Gasteiger partial charge is 0.298 e. The topological polar surface area (TPSA) is 73.0 Å². The van der Waals surface area contributed by atoms with Crippen LogP contribution in [0.4, 0.5) is 0 Å². The SMILES string of the molecule is CCOc1nc2c(Cl)ccnc2n1Cc1ccc2c(c1)COc1ccccc1/C2=C(/C)C#N. The largest absolute Gasteiger partial charge is 0.488 e. The first-order chi connectivity index (χ1) is 16.1. The third-order valence-electron chi connectivity index (χ3n) is 5.69. The number of allylic oxidation sites excluding steroid dienone is 1. The lowest BCUT2D eigenvalue weighted by Crippen LogP contribution is -2.07. The van der Waals surface area contributed by atoms with Crippen molar-refractivity contribution in [3.63, 3.8) is 0 Å². The first kappa shape index (κ1) is 21.0. The summed E-state index contributed by atoms with van der Waals surface area (Å²) in [6.45, 7) is 5.17. The summed E-state index contributed by atoms with van der Waals surface area (Å²) >= 11 is 6.34. The average Bonchev–Trinajstić information content (AvgIpc) is 3.08. The second-order valence-electron chi connectivity index (χ2n) is 7.77. The number of aromatic nitrogens is 3. The first-order valence-electron chi connectivity index (χ1n) is 10.7. The molecule has 0 saturated carbocycles. The van der Waals surface area contributed by atoms with Gasteiger partial charge in [0.1, 0.15) is 17.9 Å². The van der Waals surface area contributed by atoms with E-state index in [-0.39, 0.29) is 0 Å². The van der Waals surface area contributed by atoms with Crippen LogP contribution < -0.4 is 9.47 Å². The maximum absolute atomic E-state index is 9.67. The number of nitriles is 1. The molecule has 6 nitrogen and oxygen atoms in total. The Hall–Kier alpha value is -3.82. The highest BCUT2D eigenvalue weighted by Crippen LogP contribution is 2.39. The molecule has 0 saturated heterocycles. The van der Waals surface area contributed by atoms with E-state index >= 15 is 0 Å². The van der Waals surface area contributed by atoms with Crippen LogP contribution in [0.25, 0.3) is 16.7 Å². The normalized spacial score (nSPS) is 14.0. The molecule has 0 N–H and O–H groups in total. The van der Waals surface area contributed by atoms with Gasteiger partial charge >= 0.3 is 0 Å². The molecule has 0 aliphatic carbocycles. The van der Waals surface area contributed by atoms with Gasteiger partial charge in [-0.2, -0.15) is 10.2 Å². The molecule has 2 aromatic heterocycles. The Morgan fingerprint density at radius 2 is 2.06 bits per heavy atom. The molecule has 0 atom stereocenters. The highest BCUT2D eigenvalue weighted by Gasteiger charge is 2.22. The Kier molecular flexibility index (Phi) is 5.49. The predicted molar refractivity (Wildman–Crippen MR) is 127 cm³/mol. The Morgan fingerprint density at radius 1 is 1.21 bits per heavy atom. The summed E-state index contributed by atoms with van der Waals surface area (Å²) in [7, 11) is 0. The molecule has 0 spiro atoms. The molecule has 5 rings (SSSR count). The molecule has 4 aromatic rings. The Balaban J connectivity index is 1.60. The van der Waals surface area contributed by atoms with E-state index in [9.17, 15) is 5.26 Å². The van der Waals surface area contributed by atoms with E-state index in [1.165, 1.54) is 0 Å². The summed E-state index contributed by atoms with van der Waals surface area (Å²) in [6.07, 6.45) is 1.67. The van der Waals surface area contributed by atoms with E-state index in [1.54, 1.807) is 12.3 Å². The minimum absolute atomic E-state index is 0.412. The predicted octanol–water partition coefficient (Wildman–Crippen LogP) is 5.77. The Labute approximate surface area is 196 Å². The summed E-state index contributed by atoms with van der Waals surface area (Å²) in [5.41, 5.74) is 6.84. The van der Waals surface area contributed by atoms with E-state index in [2.05, 4.69) is 34.2 Å². The lowest BCUT2D eigenvalue weighted by molar-refractivity contribution is 0.300. The summed E-state index contributed by atoms with van der Waals surface area (Å²) in [5.74, 6) is 0.776. The van der Waals surface area contributed by atoms with Crippen LogP contribution in [0.2, 0.25) is 5.02 Å². The van der Waals surface area contributed by atoms with Gasteiger partial charge in [-0.25, -0.2) is 4.98 Å². The van der Waals surface area contributed by atoms with Crippen LogP contribution in [0.3, 0.4) is 0 Å². The molecule has 0 amide bonds. The van der Waals surface area contributed by atoms with Crippen LogP contribution in [-0.4, -0.2) is 21.1 Å². The fourth-order valence-electron chi connectivity index (χ4n) is 4.20. The molecule has 7 heteroatoms. The molecular formula is C26H21ClN4O2. The van der Waals surface area contributed by atoms with Crippen molar-refractivity contribution in [2.45, 2.75) is 27.0 Å². The fourth-order valence-corrected chi connectivity index (χ4v) is 4.38. The summed E-state index contributed by atoms with van der Waals surface area (Å²) in [4.78, 5) is 9.04. The lowest BCUT2D eigenvalue weighted by Gasteiger charge is -2.14. The number of hydrogen-bond donors (Lipinski definition) is 0.